The smallest absolute Gasteiger partial charge is 0.416 e. The van der Waals surface area contributed by atoms with Gasteiger partial charge in [-0.3, -0.25) is 0 Å². The summed E-state index contributed by atoms with van der Waals surface area (Å²) in [6, 6.07) is 12.5. The Morgan fingerprint density at radius 1 is 1.18 bits per heavy atom. The summed E-state index contributed by atoms with van der Waals surface area (Å²) in [4.78, 5) is 20.3. The van der Waals surface area contributed by atoms with Crippen molar-refractivity contribution in [2.45, 2.75) is 6.54 Å². The highest BCUT2D eigenvalue weighted by Gasteiger charge is 2.20. The number of hydrogen-bond acceptors (Lipinski definition) is 7. The Balaban J connectivity index is 1.67. The van der Waals surface area contributed by atoms with Crippen LogP contribution in [0.2, 0.25) is 0 Å². The fraction of sp³-hybridized carbons (Fsp3) is 0.0556. The number of fused-ring (bicyclic) bond motifs is 2. The zero-order valence-corrected chi connectivity index (χ0v) is 14.4. The summed E-state index contributed by atoms with van der Waals surface area (Å²) in [6.45, 7) is 0.144. The summed E-state index contributed by atoms with van der Waals surface area (Å²) in [5.41, 5.74) is 8.22. The van der Waals surface area contributed by atoms with Gasteiger partial charge in [0.1, 0.15) is 5.69 Å². The molecule has 5 rings (SSSR count). The minimum atomic E-state index is -1.08. The Morgan fingerprint density at radius 3 is 2.82 bits per heavy atom. The van der Waals surface area contributed by atoms with Crippen LogP contribution in [0.3, 0.4) is 0 Å². The topological polar surface area (TPSA) is 138 Å². The highest BCUT2D eigenvalue weighted by Crippen LogP contribution is 2.26. The minimum absolute atomic E-state index is 0.0428. The molecule has 0 fully saturated rings. The molecular weight excluding hydrogens is 362 g/mol. The van der Waals surface area contributed by atoms with Crippen LogP contribution in [-0.4, -0.2) is 40.7 Å². The number of furan rings is 1. The van der Waals surface area contributed by atoms with Crippen LogP contribution in [0.25, 0.3) is 33.5 Å². The Hall–Kier alpha value is -4.21. The van der Waals surface area contributed by atoms with Gasteiger partial charge in [0.2, 0.25) is 5.95 Å². The fourth-order valence-electron chi connectivity index (χ4n) is 3.27. The van der Waals surface area contributed by atoms with Crippen molar-refractivity contribution in [2.24, 2.45) is 0 Å². The lowest BCUT2D eigenvalue weighted by Crippen LogP contribution is -2.15. The second-order valence-corrected chi connectivity index (χ2v) is 6.14. The van der Waals surface area contributed by atoms with E-state index in [2.05, 4.69) is 20.3 Å². The molecule has 0 saturated carbocycles. The van der Waals surface area contributed by atoms with E-state index in [-0.39, 0.29) is 12.5 Å². The number of para-hydroxylation sites is 1. The molecule has 3 N–H and O–H groups in total. The molecule has 0 spiro atoms. The number of benzene rings is 1. The zero-order valence-electron chi connectivity index (χ0n) is 14.4. The number of carbonyl (C=O) groups is 1. The lowest BCUT2D eigenvalue weighted by Gasteiger charge is -2.06. The van der Waals surface area contributed by atoms with Gasteiger partial charge in [0.25, 0.3) is 0 Å². The third kappa shape index (κ3) is 2.39. The third-order valence-electron chi connectivity index (χ3n) is 4.42. The first-order chi connectivity index (χ1) is 13.6. The molecule has 0 unspecified atom stereocenters. The van der Waals surface area contributed by atoms with Crippen LogP contribution >= 0.6 is 0 Å². The predicted octanol–water partition coefficient (Wildman–Crippen LogP) is 2.59. The first kappa shape index (κ1) is 16.0. The lowest BCUT2D eigenvalue weighted by atomic mass is 10.2. The van der Waals surface area contributed by atoms with Crippen LogP contribution in [-0.2, 0) is 6.54 Å². The standard InChI is InChI=1S/C18H13N7O3/c19-17-20-14(13-6-3-7-28-13)15-16(21-17)24(23-22-15)9-11-8-10-4-1-2-5-12(10)25(11)18(26)27/h1-8H,9H2,(H,26,27)(H2,19,20,21). The molecule has 4 heterocycles. The van der Waals surface area contributed by atoms with Crippen LogP contribution in [0.5, 0.6) is 0 Å². The van der Waals surface area contributed by atoms with Crippen LogP contribution in [0.1, 0.15) is 5.69 Å². The number of nitrogens with two attached hydrogens (primary N) is 1. The molecule has 10 heteroatoms. The molecule has 0 radical (unpaired) electrons. The second kappa shape index (κ2) is 5.91. The fourth-order valence-corrected chi connectivity index (χ4v) is 3.27. The average molecular weight is 375 g/mol. The molecule has 0 saturated heterocycles. The highest BCUT2D eigenvalue weighted by molar-refractivity contribution is 5.90. The molecule has 5 aromatic rings. The van der Waals surface area contributed by atoms with Gasteiger partial charge >= 0.3 is 6.09 Å². The SMILES string of the molecule is Nc1nc(-c2ccco2)c2nnn(Cc3cc4ccccc4n3C(=O)O)c2n1. The van der Waals surface area contributed by atoms with Gasteiger partial charge in [-0.05, 0) is 24.3 Å². The molecule has 0 aliphatic carbocycles. The second-order valence-electron chi connectivity index (χ2n) is 6.14. The van der Waals surface area contributed by atoms with E-state index in [1.807, 2.05) is 12.1 Å². The number of hydrogen-bond donors (Lipinski definition) is 2. The number of nitrogen functional groups attached to an aromatic ring is 1. The van der Waals surface area contributed by atoms with Gasteiger partial charge in [0.15, 0.2) is 16.9 Å². The van der Waals surface area contributed by atoms with Gasteiger partial charge in [-0.1, -0.05) is 23.4 Å². The van der Waals surface area contributed by atoms with E-state index in [0.29, 0.717) is 33.8 Å². The quantitative estimate of drug-likeness (QED) is 0.491. The first-order valence-electron chi connectivity index (χ1n) is 8.35. The Kier molecular flexibility index (Phi) is 3.38. The van der Waals surface area contributed by atoms with E-state index >= 15 is 0 Å². The van der Waals surface area contributed by atoms with Gasteiger partial charge in [0, 0.05) is 5.39 Å². The number of nitrogens with zero attached hydrogens (tertiary/aromatic N) is 6. The van der Waals surface area contributed by atoms with Crippen molar-refractivity contribution in [3.05, 3.63) is 54.4 Å². The van der Waals surface area contributed by atoms with Gasteiger partial charge in [-0.15, -0.1) is 5.10 Å². The molecule has 0 atom stereocenters. The van der Waals surface area contributed by atoms with E-state index in [1.54, 1.807) is 30.3 Å². The highest BCUT2D eigenvalue weighted by atomic mass is 16.4. The molecule has 28 heavy (non-hydrogen) atoms. The summed E-state index contributed by atoms with van der Waals surface area (Å²) in [6.07, 6.45) is 0.445. The molecule has 0 aliphatic rings. The van der Waals surface area contributed by atoms with Crippen LogP contribution in [0, 0.1) is 0 Å². The largest absolute Gasteiger partial charge is 0.464 e. The van der Waals surface area contributed by atoms with E-state index < -0.39 is 6.09 Å². The van der Waals surface area contributed by atoms with Crippen molar-refractivity contribution < 1.29 is 14.3 Å². The molecule has 0 bridgehead atoms. The van der Waals surface area contributed by atoms with Crippen molar-refractivity contribution in [3.63, 3.8) is 0 Å². The minimum Gasteiger partial charge on any atom is -0.464 e. The molecule has 1 aromatic carbocycles. The predicted molar refractivity (Wildman–Crippen MR) is 99.7 cm³/mol. The molecule has 0 amide bonds. The van der Waals surface area contributed by atoms with Gasteiger partial charge in [-0.25, -0.2) is 19.0 Å². The van der Waals surface area contributed by atoms with E-state index in [1.165, 1.54) is 15.5 Å². The van der Waals surface area contributed by atoms with E-state index in [4.69, 9.17) is 10.2 Å². The lowest BCUT2D eigenvalue weighted by molar-refractivity contribution is 0.196. The van der Waals surface area contributed by atoms with Crippen LogP contribution in [0.15, 0.2) is 53.1 Å². The Bertz CT molecular complexity index is 1330. The van der Waals surface area contributed by atoms with E-state index in [9.17, 15) is 9.90 Å². The van der Waals surface area contributed by atoms with E-state index in [0.717, 1.165) is 5.39 Å². The summed E-state index contributed by atoms with van der Waals surface area (Å²) in [5.74, 6) is 0.534. The van der Waals surface area contributed by atoms with Gasteiger partial charge in [0.05, 0.1) is 24.0 Å². The normalized spacial score (nSPS) is 11.4. The maximum atomic E-state index is 11.8. The number of rotatable bonds is 3. The Morgan fingerprint density at radius 2 is 2.04 bits per heavy atom. The zero-order chi connectivity index (χ0) is 19.3. The molecule has 138 valence electrons. The van der Waals surface area contributed by atoms with Gasteiger partial charge < -0.3 is 15.3 Å². The average Bonchev–Trinajstić information content (AvgIpc) is 3.39. The molecule has 0 aliphatic heterocycles. The number of aromatic nitrogens is 6. The first-order valence-corrected chi connectivity index (χ1v) is 8.35. The van der Waals surface area contributed by atoms with Crippen molar-refractivity contribution in [1.29, 1.82) is 0 Å². The van der Waals surface area contributed by atoms with Crippen molar-refractivity contribution in [2.75, 3.05) is 5.73 Å². The summed E-state index contributed by atoms with van der Waals surface area (Å²) in [5, 5.41) is 18.8. The molecule has 10 nitrogen and oxygen atoms in total. The van der Waals surface area contributed by atoms with Crippen LogP contribution in [0.4, 0.5) is 10.7 Å². The maximum absolute atomic E-state index is 11.8. The van der Waals surface area contributed by atoms with Gasteiger partial charge in [-0.2, -0.15) is 4.98 Å². The monoisotopic (exact) mass is 375 g/mol. The van der Waals surface area contributed by atoms with Crippen molar-refractivity contribution in [3.8, 4) is 11.5 Å². The summed E-state index contributed by atoms with van der Waals surface area (Å²) >= 11 is 0. The third-order valence-corrected chi connectivity index (χ3v) is 4.42. The molecular formula is C18H13N7O3. The maximum Gasteiger partial charge on any atom is 0.416 e. The van der Waals surface area contributed by atoms with Crippen molar-refractivity contribution >= 4 is 34.1 Å². The number of carboxylic acid groups (broad SMARTS) is 1. The molecule has 4 aromatic heterocycles. The number of anilines is 1. The summed E-state index contributed by atoms with van der Waals surface area (Å²) < 4.78 is 8.11. The Labute approximate surface area is 156 Å². The van der Waals surface area contributed by atoms with Crippen molar-refractivity contribution in [1.82, 2.24) is 29.5 Å². The summed E-state index contributed by atoms with van der Waals surface area (Å²) in [7, 11) is 0. The van der Waals surface area contributed by atoms with Crippen LogP contribution < -0.4 is 5.73 Å².